The fourth-order valence-electron chi connectivity index (χ4n) is 0.293. The van der Waals surface area contributed by atoms with E-state index in [0.29, 0.717) is 0 Å². The molecular weight excluding hydrogens is 196 g/mol. The van der Waals surface area contributed by atoms with Crippen LogP contribution in [-0.4, -0.2) is 23.1 Å². The third-order valence-corrected chi connectivity index (χ3v) is 1.31. The van der Waals surface area contributed by atoms with E-state index in [4.69, 9.17) is 0 Å². The van der Waals surface area contributed by atoms with E-state index in [1.165, 1.54) is 0 Å². The predicted molar refractivity (Wildman–Crippen MR) is 34.5 cm³/mol. The molecule has 0 N–H and O–H groups in total. The van der Waals surface area contributed by atoms with Gasteiger partial charge < -0.3 is 17.0 Å². The van der Waals surface area contributed by atoms with Gasteiger partial charge in [-0.25, -0.2) is 11.3 Å². The quantitative estimate of drug-likeness (QED) is 0.356. The van der Waals surface area contributed by atoms with E-state index < -0.39 is 0 Å². The Kier molecular flexibility index (Phi) is 8.61. The van der Waals surface area contributed by atoms with Crippen molar-refractivity contribution in [2.45, 2.75) is 0 Å². The second-order valence-electron chi connectivity index (χ2n) is 1.13. The zero-order chi connectivity index (χ0) is 4.41. The van der Waals surface area contributed by atoms with Gasteiger partial charge in [-0.2, -0.15) is 18.6 Å². The first-order chi connectivity index (χ1) is 2.89. The average molecular weight is 201 g/mol. The largest absolute Gasteiger partial charge is 2.00 e. The molecule has 0 saturated heterocycles. The van der Waals surface area contributed by atoms with Crippen LogP contribution >= 0.6 is 11.3 Å². The van der Waals surface area contributed by atoms with Crippen LogP contribution in [0.25, 0.3) is 0 Å². The minimum Gasteiger partial charge on any atom is -1.00 e. The van der Waals surface area contributed by atoms with Crippen molar-refractivity contribution in [3.63, 3.8) is 0 Å². The third-order valence-electron chi connectivity index (χ3n) is 0.580. The van der Waals surface area contributed by atoms with Crippen LogP contribution in [0.15, 0.2) is 16.8 Å². The van der Waals surface area contributed by atoms with Gasteiger partial charge in [-0.05, 0) is 0 Å². The van der Waals surface area contributed by atoms with Crippen LogP contribution in [0, 0.1) is 6.92 Å². The molecule has 40 valence electrons. The molecule has 1 aromatic rings. The molecule has 0 aliphatic rings. The summed E-state index contributed by atoms with van der Waals surface area (Å²) in [5, 5.41) is 4.03. The molecule has 0 aromatic carbocycles. The van der Waals surface area contributed by atoms with Crippen LogP contribution in [0.4, 0.5) is 0 Å². The molecule has 0 aliphatic heterocycles. The number of thiophene rings is 1. The summed E-state index contributed by atoms with van der Waals surface area (Å²) < 4.78 is 0. The summed E-state index contributed by atoms with van der Waals surface area (Å²) in [5.41, 5.74) is 1.11. The van der Waals surface area contributed by atoms with Gasteiger partial charge in [-0.15, -0.1) is 5.38 Å². The van der Waals surface area contributed by atoms with Gasteiger partial charge in [0.2, 0.25) is 0 Å². The van der Waals surface area contributed by atoms with Gasteiger partial charge in [0.25, 0.3) is 0 Å². The molecule has 3 heteroatoms. The molecule has 1 heterocycles. The van der Waals surface area contributed by atoms with Crippen LogP contribution in [0.1, 0.15) is 5.56 Å². The first-order valence-corrected chi connectivity index (χ1v) is 2.68. The standard InChI is InChI=1S/C5H5S.BrH.Mg/c1-5-2-3-6-4-5;;/h2-4H,1H2;1H;/q-1;;+2/p-1. The number of hydrogen-bond acceptors (Lipinski definition) is 1. The van der Waals surface area contributed by atoms with Crippen LogP contribution in [0.2, 0.25) is 0 Å². The van der Waals surface area contributed by atoms with E-state index in [2.05, 4.69) is 6.92 Å². The van der Waals surface area contributed by atoms with Gasteiger partial charge in [0.1, 0.15) is 0 Å². The first kappa shape index (κ1) is 11.6. The topological polar surface area (TPSA) is 0 Å². The first-order valence-electron chi connectivity index (χ1n) is 1.74. The van der Waals surface area contributed by atoms with Crippen molar-refractivity contribution >= 4 is 34.4 Å². The Morgan fingerprint density at radius 3 is 2.25 bits per heavy atom. The monoisotopic (exact) mass is 200 g/mol. The SMILES string of the molecule is [Br-].[CH2-]c1ccsc1.[Mg+2]. The maximum Gasteiger partial charge on any atom is 2.00 e. The summed E-state index contributed by atoms with van der Waals surface area (Å²) in [6.45, 7) is 3.69. The number of hydrogen-bond donors (Lipinski definition) is 0. The van der Waals surface area contributed by atoms with Crippen LogP contribution in [0.5, 0.6) is 0 Å². The molecule has 0 spiro atoms. The number of halogens is 1. The van der Waals surface area contributed by atoms with Gasteiger partial charge in [0.15, 0.2) is 0 Å². The van der Waals surface area contributed by atoms with Crippen molar-refractivity contribution < 1.29 is 17.0 Å². The molecule has 0 bridgehead atoms. The molecule has 0 atom stereocenters. The zero-order valence-corrected chi connectivity index (χ0v) is 8.25. The molecule has 0 radical (unpaired) electrons. The maximum absolute atomic E-state index is 3.69. The number of rotatable bonds is 0. The van der Waals surface area contributed by atoms with E-state index in [1.54, 1.807) is 11.3 Å². The molecule has 0 unspecified atom stereocenters. The summed E-state index contributed by atoms with van der Waals surface area (Å²) in [4.78, 5) is 0. The van der Waals surface area contributed by atoms with E-state index in [-0.39, 0.29) is 40.0 Å². The molecular formula is C5H5BrMgS. The second-order valence-corrected chi connectivity index (χ2v) is 1.91. The van der Waals surface area contributed by atoms with Crippen LogP contribution in [-0.2, 0) is 0 Å². The zero-order valence-electron chi connectivity index (χ0n) is 4.43. The molecule has 1 rings (SSSR count). The smallest absolute Gasteiger partial charge is 1.00 e. The van der Waals surface area contributed by atoms with E-state index in [0.717, 1.165) is 5.56 Å². The molecule has 1 aromatic heterocycles. The molecule has 0 nitrogen and oxygen atoms in total. The Labute approximate surface area is 80.2 Å². The molecule has 0 fully saturated rings. The predicted octanol–water partition coefficient (Wildman–Crippen LogP) is -1.45. The Hall–Kier alpha value is 0.816. The summed E-state index contributed by atoms with van der Waals surface area (Å²) in [6, 6.07) is 1.99. The Morgan fingerprint density at radius 2 is 2.12 bits per heavy atom. The van der Waals surface area contributed by atoms with Crippen LogP contribution in [0.3, 0.4) is 0 Å². The summed E-state index contributed by atoms with van der Waals surface area (Å²) in [6.07, 6.45) is 0. The van der Waals surface area contributed by atoms with Gasteiger partial charge in [-0.1, -0.05) is 5.38 Å². The van der Waals surface area contributed by atoms with E-state index >= 15 is 0 Å². The van der Waals surface area contributed by atoms with Crippen LogP contribution < -0.4 is 17.0 Å². The van der Waals surface area contributed by atoms with Gasteiger partial charge in [-0.3, -0.25) is 0 Å². The van der Waals surface area contributed by atoms with Gasteiger partial charge in [0, 0.05) is 0 Å². The van der Waals surface area contributed by atoms with Crippen molar-refractivity contribution in [3.05, 3.63) is 29.3 Å². The van der Waals surface area contributed by atoms with Gasteiger partial charge in [0.05, 0.1) is 0 Å². The van der Waals surface area contributed by atoms with Gasteiger partial charge >= 0.3 is 23.1 Å². The molecule has 8 heavy (non-hydrogen) atoms. The molecule has 0 aliphatic carbocycles. The fraction of sp³-hybridized carbons (Fsp3) is 0. The van der Waals surface area contributed by atoms with Crippen molar-refractivity contribution in [1.82, 2.24) is 0 Å². The Balaban J connectivity index is 0. The maximum atomic E-state index is 3.69. The van der Waals surface area contributed by atoms with Crippen molar-refractivity contribution in [3.8, 4) is 0 Å². The summed E-state index contributed by atoms with van der Waals surface area (Å²) in [7, 11) is 0. The van der Waals surface area contributed by atoms with Crippen molar-refractivity contribution in [2.75, 3.05) is 0 Å². The summed E-state index contributed by atoms with van der Waals surface area (Å²) in [5.74, 6) is 0. The Morgan fingerprint density at radius 1 is 1.50 bits per heavy atom. The average Bonchev–Trinajstić information content (AvgIpc) is 1.86. The van der Waals surface area contributed by atoms with Crippen molar-refractivity contribution in [2.24, 2.45) is 0 Å². The minimum absolute atomic E-state index is 0. The fourth-order valence-corrected chi connectivity index (χ4v) is 0.878. The summed E-state index contributed by atoms with van der Waals surface area (Å²) >= 11 is 1.68. The second kappa shape index (κ2) is 5.94. The van der Waals surface area contributed by atoms with Crippen molar-refractivity contribution in [1.29, 1.82) is 0 Å². The van der Waals surface area contributed by atoms with E-state index in [1.807, 2.05) is 16.8 Å². The minimum atomic E-state index is 0. The third kappa shape index (κ3) is 3.77. The molecule has 0 saturated carbocycles. The van der Waals surface area contributed by atoms with E-state index in [9.17, 15) is 0 Å². The molecule has 0 amide bonds. The normalized spacial score (nSPS) is 6.50. The Bertz CT molecular complexity index is 116.